The second-order valence-corrected chi connectivity index (χ2v) is 4.36. The molecule has 1 heterocycles. The van der Waals surface area contributed by atoms with E-state index in [0.717, 1.165) is 0 Å². The topological polar surface area (TPSA) is 82.0 Å². The van der Waals surface area contributed by atoms with Crippen LogP contribution in [0.1, 0.15) is 0 Å². The van der Waals surface area contributed by atoms with Crippen LogP contribution in [0.2, 0.25) is 10.0 Å². The molecular formula is C11H7Cl2N3O2. The molecule has 0 unspecified atom stereocenters. The highest BCUT2D eigenvalue weighted by Gasteiger charge is 2.13. The number of hydrogen-bond donors (Lipinski definition) is 1. The van der Waals surface area contributed by atoms with E-state index in [1.54, 1.807) is 12.1 Å². The quantitative estimate of drug-likeness (QED) is 0.675. The Hall–Kier alpha value is -1.85. The minimum atomic E-state index is -0.536. The molecule has 0 saturated carbocycles. The maximum atomic E-state index is 10.7. The summed E-state index contributed by atoms with van der Waals surface area (Å²) < 4.78 is 0. The molecule has 7 heteroatoms. The number of rotatable bonds is 2. The Morgan fingerprint density at radius 1 is 1.22 bits per heavy atom. The number of hydrogen-bond acceptors (Lipinski definition) is 4. The third kappa shape index (κ3) is 2.52. The SMILES string of the molecule is Nc1cc([N+](=O)[O-])cc(-c2ccc(Cl)cc2Cl)n1. The van der Waals surface area contributed by atoms with Gasteiger partial charge in [-0.3, -0.25) is 10.1 Å². The Bertz CT molecular complexity index is 632. The van der Waals surface area contributed by atoms with Crippen molar-refractivity contribution in [3.05, 3.63) is 50.5 Å². The fourth-order valence-electron chi connectivity index (χ4n) is 1.48. The summed E-state index contributed by atoms with van der Waals surface area (Å²) in [6.45, 7) is 0. The summed E-state index contributed by atoms with van der Waals surface area (Å²) in [5.74, 6) is 0.0604. The molecule has 0 atom stereocenters. The number of pyridine rings is 1. The van der Waals surface area contributed by atoms with E-state index >= 15 is 0 Å². The molecule has 1 aromatic heterocycles. The molecular weight excluding hydrogens is 277 g/mol. The van der Waals surface area contributed by atoms with Gasteiger partial charge in [0, 0.05) is 16.7 Å². The third-order valence-electron chi connectivity index (χ3n) is 2.25. The van der Waals surface area contributed by atoms with Gasteiger partial charge in [0.15, 0.2) is 0 Å². The second-order valence-electron chi connectivity index (χ2n) is 3.52. The van der Waals surface area contributed by atoms with Gasteiger partial charge in [0.05, 0.1) is 21.7 Å². The van der Waals surface area contributed by atoms with Crippen LogP contribution < -0.4 is 5.73 Å². The monoisotopic (exact) mass is 283 g/mol. The third-order valence-corrected chi connectivity index (χ3v) is 2.80. The minimum absolute atomic E-state index is 0.0604. The molecule has 18 heavy (non-hydrogen) atoms. The molecule has 2 N–H and O–H groups in total. The molecule has 0 aliphatic heterocycles. The number of nitrogens with zero attached hydrogens (tertiary/aromatic N) is 2. The highest BCUT2D eigenvalue weighted by Crippen LogP contribution is 2.31. The number of halogens is 2. The van der Waals surface area contributed by atoms with Crippen molar-refractivity contribution in [1.82, 2.24) is 4.98 Å². The summed E-state index contributed by atoms with van der Waals surface area (Å²) in [4.78, 5) is 14.2. The standard InChI is InChI=1S/C11H7Cl2N3O2/c12-6-1-2-8(9(13)3-6)10-4-7(16(17)18)5-11(14)15-10/h1-5H,(H2,14,15). The van der Waals surface area contributed by atoms with Crippen LogP contribution in [0.15, 0.2) is 30.3 Å². The molecule has 2 rings (SSSR count). The molecule has 2 aromatic rings. The van der Waals surface area contributed by atoms with E-state index in [9.17, 15) is 10.1 Å². The van der Waals surface area contributed by atoms with Crippen LogP contribution in [0.5, 0.6) is 0 Å². The zero-order valence-electron chi connectivity index (χ0n) is 8.93. The van der Waals surface area contributed by atoms with Crippen LogP contribution in [0.3, 0.4) is 0 Å². The second kappa shape index (κ2) is 4.80. The molecule has 0 fully saturated rings. The van der Waals surface area contributed by atoms with Gasteiger partial charge in [-0.25, -0.2) is 4.98 Å². The summed E-state index contributed by atoms with van der Waals surface area (Å²) >= 11 is 11.8. The Morgan fingerprint density at radius 2 is 1.94 bits per heavy atom. The van der Waals surface area contributed by atoms with Gasteiger partial charge in [-0.1, -0.05) is 23.2 Å². The van der Waals surface area contributed by atoms with Crippen LogP contribution >= 0.6 is 23.2 Å². The largest absolute Gasteiger partial charge is 0.383 e. The van der Waals surface area contributed by atoms with Crippen LogP contribution in [-0.2, 0) is 0 Å². The van der Waals surface area contributed by atoms with Crippen molar-refractivity contribution in [3.63, 3.8) is 0 Å². The Kier molecular flexibility index (Phi) is 3.36. The fourth-order valence-corrected chi connectivity index (χ4v) is 1.98. The maximum Gasteiger partial charge on any atom is 0.275 e. The first-order chi connectivity index (χ1) is 8.47. The van der Waals surface area contributed by atoms with E-state index in [0.29, 0.717) is 21.3 Å². The lowest BCUT2D eigenvalue weighted by atomic mass is 10.1. The first-order valence-electron chi connectivity index (χ1n) is 4.85. The average molecular weight is 284 g/mol. The summed E-state index contributed by atoms with van der Waals surface area (Å²) in [7, 11) is 0. The van der Waals surface area contributed by atoms with Crippen LogP contribution in [-0.4, -0.2) is 9.91 Å². The predicted octanol–water partition coefficient (Wildman–Crippen LogP) is 3.55. The van der Waals surface area contributed by atoms with Gasteiger partial charge in [-0.15, -0.1) is 0 Å². The average Bonchev–Trinajstić information content (AvgIpc) is 2.27. The highest BCUT2D eigenvalue weighted by molar-refractivity contribution is 6.36. The number of nitrogen functional groups attached to an aromatic ring is 1. The smallest absolute Gasteiger partial charge is 0.275 e. The molecule has 0 aliphatic rings. The number of aromatic nitrogens is 1. The number of nitrogens with two attached hydrogens (primary N) is 1. The fraction of sp³-hybridized carbons (Fsp3) is 0. The van der Waals surface area contributed by atoms with Gasteiger partial charge in [-0.2, -0.15) is 0 Å². The van der Waals surface area contributed by atoms with Gasteiger partial charge in [0.2, 0.25) is 0 Å². The van der Waals surface area contributed by atoms with Crippen molar-refractivity contribution in [3.8, 4) is 11.3 Å². The molecule has 0 spiro atoms. The molecule has 0 aliphatic carbocycles. The number of anilines is 1. The summed E-state index contributed by atoms with van der Waals surface area (Å²) in [5.41, 5.74) is 6.27. The lowest BCUT2D eigenvalue weighted by molar-refractivity contribution is -0.384. The van der Waals surface area contributed by atoms with Crippen molar-refractivity contribution >= 4 is 34.7 Å². The van der Waals surface area contributed by atoms with Gasteiger partial charge in [0.1, 0.15) is 5.82 Å². The van der Waals surface area contributed by atoms with Crippen LogP contribution in [0, 0.1) is 10.1 Å². The van der Waals surface area contributed by atoms with Crippen molar-refractivity contribution in [2.75, 3.05) is 5.73 Å². The van der Waals surface area contributed by atoms with Crippen molar-refractivity contribution < 1.29 is 4.92 Å². The maximum absolute atomic E-state index is 10.7. The summed E-state index contributed by atoms with van der Waals surface area (Å²) in [6.07, 6.45) is 0. The molecule has 0 radical (unpaired) electrons. The first-order valence-corrected chi connectivity index (χ1v) is 5.60. The summed E-state index contributed by atoms with van der Waals surface area (Å²) in [6, 6.07) is 7.30. The Labute approximate surface area is 112 Å². The van der Waals surface area contributed by atoms with E-state index in [2.05, 4.69) is 4.98 Å². The molecule has 0 bridgehead atoms. The normalized spacial score (nSPS) is 10.3. The van der Waals surface area contributed by atoms with E-state index in [1.807, 2.05) is 0 Å². The van der Waals surface area contributed by atoms with E-state index < -0.39 is 4.92 Å². The Morgan fingerprint density at radius 3 is 2.56 bits per heavy atom. The van der Waals surface area contributed by atoms with Crippen LogP contribution in [0.4, 0.5) is 11.5 Å². The lowest BCUT2D eigenvalue weighted by Gasteiger charge is -2.05. The molecule has 0 saturated heterocycles. The number of nitro groups is 1. The van der Waals surface area contributed by atoms with Crippen LogP contribution in [0.25, 0.3) is 11.3 Å². The lowest BCUT2D eigenvalue weighted by Crippen LogP contribution is -1.96. The van der Waals surface area contributed by atoms with E-state index in [-0.39, 0.29) is 11.5 Å². The van der Waals surface area contributed by atoms with Gasteiger partial charge >= 0.3 is 0 Å². The van der Waals surface area contributed by atoms with Gasteiger partial charge in [-0.05, 0) is 18.2 Å². The Balaban J connectivity index is 2.60. The summed E-state index contributed by atoms with van der Waals surface area (Å²) in [5, 5.41) is 11.6. The van der Waals surface area contributed by atoms with E-state index in [4.69, 9.17) is 28.9 Å². The van der Waals surface area contributed by atoms with Gasteiger partial charge in [0.25, 0.3) is 5.69 Å². The zero-order valence-corrected chi connectivity index (χ0v) is 10.4. The van der Waals surface area contributed by atoms with Crippen molar-refractivity contribution in [2.24, 2.45) is 0 Å². The highest BCUT2D eigenvalue weighted by atomic mass is 35.5. The van der Waals surface area contributed by atoms with Gasteiger partial charge < -0.3 is 5.73 Å². The predicted molar refractivity (Wildman–Crippen MR) is 70.8 cm³/mol. The molecule has 1 aromatic carbocycles. The minimum Gasteiger partial charge on any atom is -0.383 e. The molecule has 92 valence electrons. The molecule has 0 amide bonds. The molecule has 5 nitrogen and oxygen atoms in total. The zero-order chi connectivity index (χ0) is 13.3. The van der Waals surface area contributed by atoms with E-state index in [1.165, 1.54) is 18.2 Å². The number of benzene rings is 1. The van der Waals surface area contributed by atoms with Crippen molar-refractivity contribution in [2.45, 2.75) is 0 Å². The van der Waals surface area contributed by atoms with Crippen molar-refractivity contribution in [1.29, 1.82) is 0 Å². The first kappa shape index (κ1) is 12.6.